The van der Waals surface area contributed by atoms with Gasteiger partial charge >= 0.3 is 0 Å². The van der Waals surface area contributed by atoms with Gasteiger partial charge in [-0.2, -0.15) is 0 Å². The third kappa shape index (κ3) is 10.6. The molecule has 0 aromatic heterocycles. The second kappa shape index (κ2) is 11.9. The lowest BCUT2D eigenvalue weighted by atomic mass is 10.1. The van der Waals surface area contributed by atoms with E-state index in [1.54, 1.807) is 0 Å². The highest BCUT2D eigenvalue weighted by atomic mass is 35.5. The first-order valence-electron chi connectivity index (χ1n) is 7.28. The number of nitrogens with zero attached hydrogens (tertiary/aromatic N) is 1. The summed E-state index contributed by atoms with van der Waals surface area (Å²) in [7, 11) is 3.65. The lowest BCUT2D eigenvalue weighted by Gasteiger charge is -2.35. The molecule has 0 bridgehead atoms. The van der Waals surface area contributed by atoms with Crippen molar-refractivity contribution in [1.29, 1.82) is 0 Å². The first kappa shape index (κ1) is 21.4. The fourth-order valence-corrected chi connectivity index (χ4v) is 2.15. The molecule has 0 amide bonds. The molecule has 0 fully saturated rings. The maximum absolute atomic E-state index is 9.63. The van der Waals surface area contributed by atoms with Crippen molar-refractivity contribution in [1.82, 2.24) is 0 Å². The molecule has 5 heteroatoms. The quantitative estimate of drug-likeness (QED) is 0.256. The van der Waals surface area contributed by atoms with Crippen LogP contribution in [0.15, 0.2) is 0 Å². The molecule has 0 saturated carbocycles. The smallest absolute Gasteiger partial charge is 0.242 e. The topological polar surface area (TPSA) is 60.7 Å². The van der Waals surface area contributed by atoms with Crippen LogP contribution in [0.25, 0.3) is 0 Å². The Morgan fingerprint density at radius 3 is 1.63 bits per heavy atom. The van der Waals surface area contributed by atoms with E-state index in [9.17, 15) is 5.11 Å². The number of halogens is 1. The molecule has 118 valence electrons. The van der Waals surface area contributed by atoms with E-state index in [0.717, 1.165) is 19.4 Å². The molecule has 1 unspecified atom stereocenters. The Bertz CT molecular complexity index is 201. The number of aliphatic hydroxyl groups is 3. The Labute approximate surface area is 124 Å². The average molecular weight is 298 g/mol. The predicted molar refractivity (Wildman–Crippen MR) is 73.8 cm³/mol. The standard InChI is InChI=1S/C14H32NO3.ClH/c1-4-5-6-7-8-9-10-11-12-15(2,3)13(16)14(17)18;/h13-14,16-18H,4-12H2,1-3H3;1H/q+1;/p-1. The highest BCUT2D eigenvalue weighted by molar-refractivity contribution is 4.48. The van der Waals surface area contributed by atoms with Crippen molar-refractivity contribution in [2.45, 2.75) is 70.8 Å². The molecule has 0 aliphatic heterocycles. The van der Waals surface area contributed by atoms with Crippen LogP contribution in [0, 0.1) is 0 Å². The zero-order valence-electron chi connectivity index (χ0n) is 12.7. The SMILES string of the molecule is CCCCCCCCCC[N+](C)(C)C(O)C(O)O.[Cl-]. The summed E-state index contributed by atoms with van der Waals surface area (Å²) >= 11 is 0. The second-order valence-electron chi connectivity index (χ2n) is 5.80. The van der Waals surface area contributed by atoms with E-state index >= 15 is 0 Å². The van der Waals surface area contributed by atoms with Gasteiger partial charge in [0.05, 0.1) is 20.6 Å². The summed E-state index contributed by atoms with van der Waals surface area (Å²) in [6, 6.07) is 0. The number of aliphatic hydroxyl groups excluding tert-OH is 2. The van der Waals surface area contributed by atoms with Crippen LogP contribution >= 0.6 is 0 Å². The maximum Gasteiger partial charge on any atom is 0.242 e. The molecule has 0 spiro atoms. The molecule has 3 N–H and O–H groups in total. The molecule has 4 nitrogen and oxygen atoms in total. The average Bonchev–Trinajstić information content (AvgIpc) is 2.31. The number of hydrogen-bond acceptors (Lipinski definition) is 3. The Kier molecular flexibility index (Phi) is 13.4. The number of unbranched alkanes of at least 4 members (excludes halogenated alkanes) is 7. The monoisotopic (exact) mass is 297 g/mol. The van der Waals surface area contributed by atoms with Crippen LogP contribution < -0.4 is 12.4 Å². The number of quaternary nitrogens is 1. The molecule has 0 rings (SSSR count). The summed E-state index contributed by atoms with van der Waals surface area (Å²) in [5.74, 6) is 0. The van der Waals surface area contributed by atoms with Gasteiger partial charge in [-0.05, 0) is 12.8 Å². The normalized spacial score (nSPS) is 13.4. The second-order valence-corrected chi connectivity index (χ2v) is 5.80. The van der Waals surface area contributed by atoms with Crippen molar-refractivity contribution >= 4 is 0 Å². The number of rotatable bonds is 11. The first-order valence-corrected chi connectivity index (χ1v) is 7.28. The van der Waals surface area contributed by atoms with Gasteiger partial charge in [0.1, 0.15) is 0 Å². The van der Waals surface area contributed by atoms with Gasteiger partial charge in [0.25, 0.3) is 0 Å². The van der Waals surface area contributed by atoms with Crippen LogP contribution in [0.1, 0.15) is 58.3 Å². The van der Waals surface area contributed by atoms with Gasteiger partial charge in [-0.25, -0.2) is 0 Å². The minimum atomic E-state index is -1.66. The van der Waals surface area contributed by atoms with Crippen LogP contribution in [-0.2, 0) is 0 Å². The Morgan fingerprint density at radius 2 is 1.21 bits per heavy atom. The fourth-order valence-electron chi connectivity index (χ4n) is 2.15. The zero-order chi connectivity index (χ0) is 14.0. The minimum Gasteiger partial charge on any atom is -1.00 e. The van der Waals surface area contributed by atoms with Gasteiger partial charge in [-0.1, -0.05) is 45.4 Å². The molecule has 19 heavy (non-hydrogen) atoms. The van der Waals surface area contributed by atoms with Crippen molar-refractivity contribution < 1.29 is 32.2 Å². The van der Waals surface area contributed by atoms with Gasteiger partial charge in [-0.3, -0.25) is 4.48 Å². The van der Waals surface area contributed by atoms with Crippen LogP contribution in [0.4, 0.5) is 0 Å². The summed E-state index contributed by atoms with van der Waals surface area (Å²) in [5, 5.41) is 27.6. The van der Waals surface area contributed by atoms with Crippen molar-refractivity contribution in [3.05, 3.63) is 0 Å². The lowest BCUT2D eigenvalue weighted by Crippen LogP contribution is -3.00. The molecule has 0 radical (unpaired) electrons. The molecule has 0 aromatic carbocycles. The van der Waals surface area contributed by atoms with Crippen LogP contribution in [0.5, 0.6) is 0 Å². The predicted octanol–water partition coefficient (Wildman–Crippen LogP) is -1.16. The Balaban J connectivity index is 0. The number of hydrogen-bond donors (Lipinski definition) is 3. The van der Waals surface area contributed by atoms with E-state index in [1.807, 2.05) is 14.1 Å². The van der Waals surface area contributed by atoms with E-state index in [-0.39, 0.29) is 16.9 Å². The number of likely N-dealkylation sites (N-methyl/N-ethyl adjacent to an activating group) is 1. The third-order valence-electron chi connectivity index (χ3n) is 3.57. The van der Waals surface area contributed by atoms with Crippen LogP contribution in [-0.4, -0.2) is 53.0 Å². The highest BCUT2D eigenvalue weighted by Gasteiger charge is 2.30. The molecule has 0 aliphatic carbocycles. The van der Waals surface area contributed by atoms with Gasteiger partial charge in [0.15, 0.2) is 0 Å². The van der Waals surface area contributed by atoms with Crippen molar-refractivity contribution in [3.8, 4) is 0 Å². The summed E-state index contributed by atoms with van der Waals surface area (Å²) in [6.45, 7) is 2.99. The summed E-state index contributed by atoms with van der Waals surface area (Å²) in [6.07, 6.45) is 7.21. The van der Waals surface area contributed by atoms with Crippen molar-refractivity contribution in [2.75, 3.05) is 20.6 Å². The van der Waals surface area contributed by atoms with Gasteiger partial charge in [0, 0.05) is 0 Å². The van der Waals surface area contributed by atoms with Gasteiger partial charge in [-0.15, -0.1) is 0 Å². The highest BCUT2D eigenvalue weighted by Crippen LogP contribution is 2.12. The molecular formula is C14H32ClNO3. The first-order chi connectivity index (χ1) is 8.41. The zero-order valence-corrected chi connectivity index (χ0v) is 13.4. The summed E-state index contributed by atoms with van der Waals surface area (Å²) < 4.78 is 0.244. The summed E-state index contributed by atoms with van der Waals surface area (Å²) in [4.78, 5) is 0. The van der Waals surface area contributed by atoms with Crippen LogP contribution in [0.2, 0.25) is 0 Å². The lowest BCUT2D eigenvalue weighted by molar-refractivity contribution is -0.944. The molecule has 0 heterocycles. The molecule has 0 aliphatic rings. The Hall–Kier alpha value is 0.130. The van der Waals surface area contributed by atoms with E-state index in [1.165, 1.54) is 38.5 Å². The van der Waals surface area contributed by atoms with E-state index in [0.29, 0.717) is 0 Å². The molecule has 0 saturated heterocycles. The van der Waals surface area contributed by atoms with Gasteiger partial charge < -0.3 is 27.7 Å². The van der Waals surface area contributed by atoms with Gasteiger partial charge in [0.2, 0.25) is 12.5 Å². The third-order valence-corrected chi connectivity index (χ3v) is 3.57. The maximum atomic E-state index is 9.63. The van der Waals surface area contributed by atoms with Crippen LogP contribution in [0.3, 0.4) is 0 Å². The van der Waals surface area contributed by atoms with E-state index < -0.39 is 12.5 Å². The fraction of sp³-hybridized carbons (Fsp3) is 1.00. The minimum absolute atomic E-state index is 0. The van der Waals surface area contributed by atoms with E-state index in [4.69, 9.17) is 10.2 Å². The molecule has 0 aromatic rings. The van der Waals surface area contributed by atoms with E-state index in [2.05, 4.69) is 6.92 Å². The molecule has 1 atom stereocenters. The Morgan fingerprint density at radius 1 is 0.789 bits per heavy atom. The largest absolute Gasteiger partial charge is 1.00 e. The van der Waals surface area contributed by atoms with Crippen molar-refractivity contribution in [3.63, 3.8) is 0 Å². The summed E-state index contributed by atoms with van der Waals surface area (Å²) in [5.41, 5.74) is 0. The van der Waals surface area contributed by atoms with Crippen molar-refractivity contribution in [2.24, 2.45) is 0 Å². The molecular weight excluding hydrogens is 266 g/mol.